The fraction of sp³-hybridized carbons (Fsp3) is 0.444. The molecule has 3 saturated heterocycles. The van der Waals surface area contributed by atoms with Crippen LogP contribution in [0.2, 0.25) is 0 Å². The Bertz CT molecular complexity index is 908. The van der Waals surface area contributed by atoms with Gasteiger partial charge in [0.1, 0.15) is 0 Å². The lowest BCUT2D eigenvalue weighted by molar-refractivity contribution is -0.258. The number of ether oxygens (including phenoxy) is 1. The van der Waals surface area contributed by atoms with Gasteiger partial charge in [-0.1, -0.05) is 18.2 Å². The lowest BCUT2D eigenvalue weighted by Gasteiger charge is -2.51. The molecule has 0 aliphatic carbocycles. The summed E-state index contributed by atoms with van der Waals surface area (Å²) < 4.78 is 5.39. The number of hydrogen-bond acceptors (Lipinski definition) is 7. The third kappa shape index (κ3) is 2.83. The van der Waals surface area contributed by atoms with Crippen LogP contribution in [0.5, 0.6) is 0 Å². The van der Waals surface area contributed by atoms with Crippen LogP contribution in [0.25, 0.3) is 0 Å². The van der Waals surface area contributed by atoms with Crippen LogP contribution in [-0.4, -0.2) is 80.3 Å². The van der Waals surface area contributed by atoms with Gasteiger partial charge in [-0.05, 0) is 18.6 Å². The molecule has 1 aromatic carbocycles. The maximum Gasteiger partial charge on any atom is 0.338 e. The Balaban J connectivity index is 1.66. The van der Waals surface area contributed by atoms with E-state index < -0.39 is 41.6 Å². The normalized spacial score (nSPS) is 31.1. The van der Waals surface area contributed by atoms with Crippen molar-refractivity contribution in [3.05, 3.63) is 35.9 Å². The van der Waals surface area contributed by atoms with Crippen molar-refractivity contribution in [3.63, 3.8) is 0 Å². The predicted molar refractivity (Wildman–Crippen MR) is 102 cm³/mol. The Labute approximate surface area is 170 Å². The number of nitrogens with one attached hydrogen (secondary N) is 5. The van der Waals surface area contributed by atoms with E-state index in [0.717, 1.165) is 0 Å². The first-order chi connectivity index (χ1) is 14.2. The van der Waals surface area contributed by atoms with E-state index in [1.807, 2.05) is 0 Å². The minimum absolute atomic E-state index is 0.0739. The number of carboxylic acid groups (broad SMARTS) is 1. The van der Waals surface area contributed by atoms with Crippen molar-refractivity contribution < 1.29 is 29.6 Å². The van der Waals surface area contributed by atoms with Crippen molar-refractivity contribution in [2.24, 2.45) is 0 Å². The van der Waals surface area contributed by atoms with Gasteiger partial charge < -0.3 is 40.9 Å². The Morgan fingerprint density at radius 1 is 1.20 bits per heavy atom. The van der Waals surface area contributed by atoms with Crippen molar-refractivity contribution in [2.75, 3.05) is 6.54 Å². The minimum Gasteiger partial charge on any atom is -0.481 e. The smallest absolute Gasteiger partial charge is 0.338 e. The van der Waals surface area contributed by atoms with Crippen LogP contribution in [0.15, 0.2) is 30.3 Å². The van der Waals surface area contributed by atoms with Crippen LogP contribution in [0.1, 0.15) is 23.2 Å². The molecule has 4 atom stereocenters. The second-order valence-electron chi connectivity index (χ2n) is 7.52. The van der Waals surface area contributed by atoms with Crippen LogP contribution in [-0.2, 0) is 9.53 Å². The Morgan fingerprint density at radius 3 is 2.57 bits per heavy atom. The first-order valence-electron chi connectivity index (χ1n) is 9.35. The average Bonchev–Trinajstić information content (AvgIpc) is 3.16. The van der Waals surface area contributed by atoms with E-state index in [4.69, 9.17) is 20.7 Å². The first kappa shape index (κ1) is 19.9. The number of carbonyl (C=O) groups excluding carboxylic acids is 1. The van der Waals surface area contributed by atoms with Gasteiger partial charge in [-0.25, -0.2) is 4.79 Å². The zero-order valence-electron chi connectivity index (χ0n) is 15.8. The third-order valence-electron chi connectivity index (χ3n) is 5.77. The van der Waals surface area contributed by atoms with E-state index in [9.17, 15) is 19.8 Å². The molecule has 3 heterocycles. The average molecular weight is 418 g/mol. The highest BCUT2D eigenvalue weighted by molar-refractivity contribution is 5.90. The summed E-state index contributed by atoms with van der Waals surface area (Å²) in [7, 11) is 0. The van der Waals surface area contributed by atoms with Gasteiger partial charge >= 0.3 is 11.9 Å². The SMILES string of the molecule is N=C1NC2[C@H](CCC(=O)O)NC(=N)N3C[C@H](OC(=O)c4ccccc4)C(O)(O)C23N1. The Morgan fingerprint density at radius 2 is 1.90 bits per heavy atom. The molecule has 2 unspecified atom stereocenters. The number of carboxylic acids is 1. The highest BCUT2D eigenvalue weighted by atomic mass is 16.6. The Hall–Kier alpha value is -3.38. The fourth-order valence-corrected chi connectivity index (χ4v) is 4.41. The molecule has 30 heavy (non-hydrogen) atoms. The van der Waals surface area contributed by atoms with Gasteiger partial charge in [-0.15, -0.1) is 0 Å². The number of esters is 1. The van der Waals surface area contributed by atoms with E-state index in [0.29, 0.717) is 0 Å². The number of nitrogens with zero attached hydrogens (tertiary/aromatic N) is 1. The minimum atomic E-state index is -2.69. The van der Waals surface area contributed by atoms with Gasteiger partial charge in [0.05, 0.1) is 24.2 Å². The summed E-state index contributed by atoms with van der Waals surface area (Å²) in [6.07, 6.45) is -1.58. The number of benzene rings is 1. The van der Waals surface area contributed by atoms with E-state index in [1.54, 1.807) is 18.2 Å². The summed E-state index contributed by atoms with van der Waals surface area (Å²) in [5.74, 6) is -4.90. The fourth-order valence-electron chi connectivity index (χ4n) is 4.41. The maximum atomic E-state index is 12.5. The molecule has 0 saturated carbocycles. The first-order valence-corrected chi connectivity index (χ1v) is 9.35. The van der Waals surface area contributed by atoms with Gasteiger partial charge in [-0.3, -0.25) is 15.6 Å². The quantitative estimate of drug-likeness (QED) is 0.199. The third-order valence-corrected chi connectivity index (χ3v) is 5.77. The molecule has 160 valence electrons. The second kappa shape index (κ2) is 6.85. The molecule has 3 aliphatic heterocycles. The number of carbonyl (C=O) groups is 2. The molecular formula is C18H22N6O6. The summed E-state index contributed by atoms with van der Waals surface area (Å²) in [5.41, 5.74) is -1.57. The standard InChI is InChI=1S/C18H22N6O6/c19-15-22-13-10(6-7-12(25)26)21-16(20)24-8-11(18(28,29)17(13,24)23-15)30-14(27)9-4-2-1-3-5-9/h1-5,10-11,13,28-29H,6-8H2,(H2,20,21)(H,25,26)(H3,19,22,23)/t10-,11-,13?,17?/m0/s1. The molecule has 8 N–H and O–H groups in total. The predicted octanol–water partition coefficient (Wildman–Crippen LogP) is -1.83. The molecule has 0 radical (unpaired) electrons. The highest BCUT2D eigenvalue weighted by Gasteiger charge is 2.75. The van der Waals surface area contributed by atoms with Crippen molar-refractivity contribution in [1.29, 1.82) is 10.8 Å². The van der Waals surface area contributed by atoms with Crippen molar-refractivity contribution >= 4 is 23.9 Å². The van der Waals surface area contributed by atoms with Crippen LogP contribution in [0.4, 0.5) is 0 Å². The summed E-state index contributed by atoms with van der Waals surface area (Å²) in [5, 5.41) is 55.9. The van der Waals surface area contributed by atoms with E-state index in [2.05, 4.69) is 16.0 Å². The Kier molecular flexibility index (Phi) is 4.55. The van der Waals surface area contributed by atoms with Crippen molar-refractivity contribution in [3.8, 4) is 0 Å². The molecule has 4 rings (SSSR count). The molecule has 0 aromatic heterocycles. The number of aliphatic carboxylic acids is 1. The lowest BCUT2D eigenvalue weighted by atomic mass is 9.83. The number of rotatable bonds is 5. The topological polar surface area (TPSA) is 191 Å². The van der Waals surface area contributed by atoms with E-state index in [-0.39, 0.29) is 36.9 Å². The van der Waals surface area contributed by atoms with Crippen LogP contribution in [0, 0.1) is 10.8 Å². The van der Waals surface area contributed by atoms with Gasteiger partial charge in [0.2, 0.25) is 5.79 Å². The number of guanidine groups is 2. The maximum absolute atomic E-state index is 12.5. The summed E-state index contributed by atoms with van der Waals surface area (Å²) in [6.45, 7) is -0.221. The molecular weight excluding hydrogens is 396 g/mol. The van der Waals surface area contributed by atoms with E-state index >= 15 is 0 Å². The van der Waals surface area contributed by atoms with Crippen molar-refractivity contribution in [1.82, 2.24) is 20.9 Å². The zero-order valence-corrected chi connectivity index (χ0v) is 15.8. The molecule has 1 spiro atoms. The van der Waals surface area contributed by atoms with Crippen LogP contribution >= 0.6 is 0 Å². The van der Waals surface area contributed by atoms with Crippen LogP contribution in [0.3, 0.4) is 0 Å². The van der Waals surface area contributed by atoms with Gasteiger partial charge in [0.15, 0.2) is 23.7 Å². The largest absolute Gasteiger partial charge is 0.481 e. The number of aliphatic hydroxyl groups is 2. The van der Waals surface area contributed by atoms with Crippen LogP contribution < -0.4 is 16.0 Å². The van der Waals surface area contributed by atoms with Gasteiger partial charge in [-0.2, -0.15) is 0 Å². The molecule has 12 nitrogen and oxygen atoms in total. The summed E-state index contributed by atoms with van der Waals surface area (Å²) in [4.78, 5) is 24.8. The number of hydrogen-bond donors (Lipinski definition) is 8. The van der Waals surface area contributed by atoms with Gasteiger partial charge in [0, 0.05) is 6.42 Å². The van der Waals surface area contributed by atoms with E-state index in [1.165, 1.54) is 17.0 Å². The summed E-state index contributed by atoms with van der Waals surface area (Å²) in [6, 6.07) is 6.49. The molecule has 12 heteroatoms. The monoisotopic (exact) mass is 418 g/mol. The highest BCUT2D eigenvalue weighted by Crippen LogP contribution is 2.44. The molecule has 1 aromatic rings. The molecule has 0 bridgehead atoms. The molecule has 3 fully saturated rings. The summed E-state index contributed by atoms with van der Waals surface area (Å²) >= 11 is 0. The molecule has 3 aliphatic rings. The zero-order chi connectivity index (χ0) is 21.7. The van der Waals surface area contributed by atoms with Crippen molar-refractivity contribution in [2.45, 2.75) is 42.5 Å². The van der Waals surface area contributed by atoms with Gasteiger partial charge in [0.25, 0.3) is 0 Å². The second-order valence-corrected chi connectivity index (χ2v) is 7.52. The molecule has 0 amide bonds. The lowest BCUT2D eigenvalue weighted by Crippen LogP contribution is -2.80.